The summed E-state index contributed by atoms with van der Waals surface area (Å²) in [5, 5.41) is 0. The van der Waals surface area contributed by atoms with Crippen LogP contribution in [0.5, 0.6) is 0 Å². The summed E-state index contributed by atoms with van der Waals surface area (Å²) < 4.78 is 124. The second kappa shape index (κ2) is 8.15. The van der Waals surface area contributed by atoms with Gasteiger partial charge in [0.1, 0.15) is 7.05 Å². The highest BCUT2D eigenvalue weighted by atomic mass is 14.9. The molecular weight excluding hydrogens is 374 g/mol. The van der Waals surface area contributed by atoms with E-state index in [4.69, 9.17) is 20.6 Å². The van der Waals surface area contributed by atoms with E-state index in [1.54, 1.807) is 26.1 Å². The number of hydrogen-bond donors (Lipinski definition) is 0. The van der Waals surface area contributed by atoms with Crippen molar-refractivity contribution in [3.63, 3.8) is 0 Å². The van der Waals surface area contributed by atoms with Crippen molar-refractivity contribution in [3.8, 4) is 33.5 Å². The Morgan fingerprint density at radius 3 is 1.97 bits per heavy atom. The zero-order valence-corrected chi connectivity index (χ0v) is 17.3. The van der Waals surface area contributed by atoms with E-state index < -0.39 is 34.3 Å². The van der Waals surface area contributed by atoms with Crippen LogP contribution >= 0.6 is 0 Å². The van der Waals surface area contributed by atoms with Gasteiger partial charge in [-0.1, -0.05) is 48.5 Å². The maximum Gasteiger partial charge on any atom is 0.213 e. The van der Waals surface area contributed by atoms with Crippen molar-refractivity contribution in [2.24, 2.45) is 7.05 Å². The highest BCUT2D eigenvalue weighted by Crippen LogP contribution is 2.36. The summed E-state index contributed by atoms with van der Waals surface area (Å²) in [5.41, 5.74) is -0.0503. The molecule has 156 valence electrons. The Kier molecular flexibility index (Phi) is 2.50. The average Bonchev–Trinajstić information content (AvgIpc) is 2.90. The minimum atomic E-state index is -2.80. The minimum absolute atomic E-state index is 0.0629. The van der Waals surface area contributed by atoms with Crippen molar-refractivity contribution in [1.82, 2.24) is 0 Å². The van der Waals surface area contributed by atoms with E-state index in [0.717, 1.165) is 0 Å². The van der Waals surface area contributed by atoms with Crippen molar-refractivity contribution < 1.29 is 25.1 Å². The summed E-state index contributed by atoms with van der Waals surface area (Å²) in [6, 6.07) is 14.2. The number of aryl methyl sites for hydroxylation is 7. The van der Waals surface area contributed by atoms with Gasteiger partial charge in [0.25, 0.3) is 0 Å². The van der Waals surface area contributed by atoms with E-state index in [1.807, 2.05) is 0 Å². The molecular formula is C30H32N+. The predicted molar refractivity (Wildman–Crippen MR) is 132 cm³/mol. The number of hydrogen-bond acceptors (Lipinski definition) is 0. The van der Waals surface area contributed by atoms with E-state index in [-0.39, 0.29) is 50.1 Å². The fraction of sp³-hybridized carbons (Fsp3) is 0.233. The maximum atomic E-state index is 8.28. The predicted octanol–water partition coefficient (Wildman–Crippen LogP) is 7.36. The van der Waals surface area contributed by atoms with Crippen LogP contribution in [0.1, 0.15) is 53.9 Å². The Balaban J connectivity index is 2.19. The molecule has 0 aliphatic rings. The minimum Gasteiger partial charge on any atom is -0.201 e. The second-order valence-electron chi connectivity index (χ2n) is 7.58. The zero-order chi connectivity index (χ0) is 34.8. The average molecular weight is 422 g/mol. The van der Waals surface area contributed by atoms with Crippen LogP contribution in [0.4, 0.5) is 0 Å². The summed E-state index contributed by atoms with van der Waals surface area (Å²) in [6.07, 6.45) is 1.28. The lowest BCUT2D eigenvalue weighted by Gasteiger charge is -2.16. The molecule has 0 aliphatic carbocycles. The molecule has 4 aromatic rings. The van der Waals surface area contributed by atoms with Gasteiger partial charge in [-0.2, -0.15) is 0 Å². The first-order valence-corrected chi connectivity index (χ1v) is 9.77. The van der Waals surface area contributed by atoms with Crippen LogP contribution in [-0.2, 0) is 7.05 Å². The molecule has 3 aromatic carbocycles. The zero-order valence-electron chi connectivity index (χ0n) is 32.3. The monoisotopic (exact) mass is 421 g/mol. The molecule has 0 bridgehead atoms. The number of rotatable bonds is 3. The van der Waals surface area contributed by atoms with E-state index in [9.17, 15) is 0 Å². The third-order valence-corrected chi connectivity index (χ3v) is 5.47. The van der Waals surface area contributed by atoms with E-state index in [2.05, 4.69) is 0 Å². The van der Waals surface area contributed by atoms with Gasteiger partial charge < -0.3 is 0 Å². The van der Waals surface area contributed by atoms with E-state index >= 15 is 0 Å². The molecule has 0 fully saturated rings. The molecule has 4 rings (SSSR count). The van der Waals surface area contributed by atoms with Crippen molar-refractivity contribution >= 4 is 0 Å². The number of benzene rings is 3. The molecule has 1 heteroatoms. The van der Waals surface area contributed by atoms with Crippen LogP contribution in [-0.4, -0.2) is 0 Å². The van der Waals surface area contributed by atoms with Gasteiger partial charge in [-0.25, -0.2) is 4.57 Å². The number of nitrogens with zero attached hydrogens (tertiary/aromatic N) is 1. The van der Waals surface area contributed by atoms with Crippen LogP contribution < -0.4 is 4.57 Å². The summed E-state index contributed by atoms with van der Waals surface area (Å²) in [7, 11) is 1.56. The quantitative estimate of drug-likeness (QED) is 0.304. The summed E-state index contributed by atoms with van der Waals surface area (Å²) >= 11 is 0. The Morgan fingerprint density at radius 1 is 0.581 bits per heavy atom. The summed E-state index contributed by atoms with van der Waals surface area (Å²) in [5.74, 6) is 0. The standard InChI is InChI=1S/C30H32N/c1-19-11-8-9-14-25(19)26-16-27(23(5)15-22(26)4)29-17-28(24(6)18-31(29)7)30-20(2)12-10-13-21(30)3/h8-18H,1-7H3/q+1/i1D3,2D3,3D3,4D3,6D3. The molecule has 0 saturated carbocycles. The lowest BCUT2D eigenvalue weighted by Crippen LogP contribution is -2.31. The van der Waals surface area contributed by atoms with Crippen LogP contribution in [0.2, 0.25) is 0 Å². The Bertz CT molecular complexity index is 1750. The van der Waals surface area contributed by atoms with Crippen LogP contribution in [0.3, 0.4) is 0 Å². The normalized spacial score (nSPS) is 20.3. The molecule has 1 aromatic heterocycles. The van der Waals surface area contributed by atoms with Gasteiger partial charge in [0.2, 0.25) is 5.69 Å². The molecule has 0 radical (unpaired) electrons. The van der Waals surface area contributed by atoms with Crippen LogP contribution in [0, 0.1) is 41.2 Å². The van der Waals surface area contributed by atoms with Crippen molar-refractivity contribution in [2.45, 2.75) is 41.2 Å². The van der Waals surface area contributed by atoms with Crippen molar-refractivity contribution in [3.05, 3.63) is 100 Å². The lowest BCUT2D eigenvalue weighted by molar-refractivity contribution is -0.660. The van der Waals surface area contributed by atoms with Crippen molar-refractivity contribution in [2.75, 3.05) is 0 Å². The van der Waals surface area contributed by atoms with E-state index in [1.165, 1.54) is 59.3 Å². The number of aromatic nitrogens is 1. The van der Waals surface area contributed by atoms with Gasteiger partial charge in [-0.15, -0.1) is 0 Å². The first kappa shape index (κ1) is 9.53. The summed E-state index contributed by atoms with van der Waals surface area (Å²) in [4.78, 5) is 0. The molecule has 0 aliphatic heterocycles. The van der Waals surface area contributed by atoms with Gasteiger partial charge in [-0.3, -0.25) is 0 Å². The fourth-order valence-electron chi connectivity index (χ4n) is 3.89. The van der Waals surface area contributed by atoms with Gasteiger partial charge in [0.05, 0.1) is 0 Å². The topological polar surface area (TPSA) is 3.88 Å². The Morgan fingerprint density at radius 2 is 1.26 bits per heavy atom. The first-order valence-electron chi connectivity index (χ1n) is 17.3. The Hall–Kier alpha value is -3.19. The van der Waals surface area contributed by atoms with Gasteiger partial charge >= 0.3 is 0 Å². The van der Waals surface area contributed by atoms with Crippen molar-refractivity contribution in [1.29, 1.82) is 0 Å². The molecule has 0 saturated heterocycles. The molecule has 31 heavy (non-hydrogen) atoms. The third kappa shape index (κ3) is 3.81. The second-order valence-corrected chi connectivity index (χ2v) is 7.58. The molecule has 1 nitrogen and oxygen atoms in total. The first-order chi connectivity index (χ1) is 20.8. The van der Waals surface area contributed by atoms with E-state index in [0.29, 0.717) is 16.8 Å². The molecule has 0 N–H and O–H groups in total. The number of pyridine rings is 1. The lowest BCUT2D eigenvalue weighted by atomic mass is 9.89. The third-order valence-electron chi connectivity index (χ3n) is 5.47. The molecule has 0 spiro atoms. The van der Waals surface area contributed by atoms with Gasteiger partial charge in [0.15, 0.2) is 6.20 Å². The molecule has 0 unspecified atom stereocenters. The van der Waals surface area contributed by atoms with Crippen LogP contribution in [0.25, 0.3) is 33.5 Å². The highest BCUT2D eigenvalue weighted by molar-refractivity contribution is 5.80. The van der Waals surface area contributed by atoms with Crippen LogP contribution in [0.15, 0.2) is 66.9 Å². The molecule has 0 amide bonds. The molecule has 0 atom stereocenters. The van der Waals surface area contributed by atoms with Gasteiger partial charge in [-0.05, 0) is 97.3 Å². The maximum absolute atomic E-state index is 8.28. The van der Waals surface area contributed by atoms with Gasteiger partial charge in [0, 0.05) is 37.8 Å². The smallest absolute Gasteiger partial charge is 0.201 e. The highest BCUT2D eigenvalue weighted by Gasteiger charge is 2.20. The molecule has 1 heterocycles. The largest absolute Gasteiger partial charge is 0.213 e. The Labute approximate surface area is 208 Å². The SMILES string of the molecule is [2H]C([2H])([2H])c1ccccc1-c1cc(-c2cc(-c3c(C([2H])([2H])[2H])cccc3C([2H])([2H])[2H])c(C([2H])([2H])[2H])c[n+]2C)c(C)cc1C([2H])([2H])[2H]. The summed E-state index contributed by atoms with van der Waals surface area (Å²) in [6.45, 7) is -12.0. The fourth-order valence-corrected chi connectivity index (χ4v) is 3.89.